The Labute approximate surface area is 108 Å². The van der Waals surface area contributed by atoms with Gasteiger partial charge in [0.2, 0.25) is 0 Å². The Balaban J connectivity index is 0. The molecular weight excluding hydrogens is 274 g/mol. The number of alkyl halides is 1. The fourth-order valence-corrected chi connectivity index (χ4v) is 1.24. The average Bonchev–Trinajstić information content (AvgIpc) is 2.66. The maximum absolute atomic E-state index is 11.7. The van der Waals surface area contributed by atoms with Crippen LogP contribution in [0.1, 0.15) is 0 Å². The molecule has 1 unspecified atom stereocenters. The van der Waals surface area contributed by atoms with Gasteiger partial charge in [0.1, 0.15) is 19.1 Å². The second-order valence-corrected chi connectivity index (χ2v) is 3.18. The Kier molecular flexibility index (Phi) is 10.2. The largest absolute Gasteiger partial charge is 0.434 e. The smallest absolute Gasteiger partial charge is 0.390 e. The van der Waals surface area contributed by atoms with Gasteiger partial charge in [-0.2, -0.15) is 0 Å². The van der Waals surface area contributed by atoms with Crippen LogP contribution in [0.2, 0.25) is 0 Å². The van der Waals surface area contributed by atoms with Crippen molar-refractivity contribution in [1.29, 1.82) is 0 Å². The first-order valence-electron chi connectivity index (χ1n) is 4.75. The van der Waals surface area contributed by atoms with Crippen LogP contribution in [0, 0.1) is 10.1 Å². The molecule has 0 saturated heterocycles. The molecular formula is C8H15ClF2N4O3. The summed E-state index contributed by atoms with van der Waals surface area (Å²) in [6.07, 6.45) is 1.88. The lowest BCUT2D eigenvalue weighted by molar-refractivity contribution is -0.397. The Morgan fingerprint density at radius 1 is 1.67 bits per heavy atom. The van der Waals surface area contributed by atoms with Crippen molar-refractivity contribution in [2.75, 3.05) is 19.8 Å². The van der Waals surface area contributed by atoms with Gasteiger partial charge >= 0.3 is 5.95 Å². The molecule has 10 heteroatoms. The van der Waals surface area contributed by atoms with E-state index in [1.165, 1.54) is 17.0 Å². The fourth-order valence-electron chi connectivity index (χ4n) is 1.24. The number of nitro groups is 1. The number of hydrogen-bond donors (Lipinski definition) is 2. The fraction of sp³-hybridized carbons (Fsp3) is 0.625. The molecule has 2 N–H and O–H groups in total. The summed E-state index contributed by atoms with van der Waals surface area (Å²) in [7, 11) is 0. The molecule has 0 aliphatic heterocycles. The Morgan fingerprint density at radius 2 is 2.33 bits per heavy atom. The molecule has 1 rings (SSSR count). The molecule has 1 atom stereocenters. The molecule has 0 aliphatic rings. The minimum atomic E-state index is -0.820. The van der Waals surface area contributed by atoms with Gasteiger partial charge in [0.25, 0.3) is 0 Å². The van der Waals surface area contributed by atoms with Crippen molar-refractivity contribution in [3.05, 3.63) is 22.5 Å². The van der Waals surface area contributed by atoms with Crippen LogP contribution >= 0.6 is 12.4 Å². The van der Waals surface area contributed by atoms with E-state index in [1.54, 1.807) is 0 Å². The van der Waals surface area contributed by atoms with Crippen molar-refractivity contribution in [2.24, 2.45) is 0 Å². The first kappa shape index (κ1) is 19.0. The molecule has 0 spiro atoms. The summed E-state index contributed by atoms with van der Waals surface area (Å²) in [6.45, 7) is -0.129. The number of imidazole rings is 1. The SMILES string of the molecule is Cl.F.O=[N+]([O-])c1nccn1CC(O)CNCCF. The van der Waals surface area contributed by atoms with E-state index in [0.29, 0.717) is 0 Å². The van der Waals surface area contributed by atoms with Crippen LogP contribution in [0.25, 0.3) is 0 Å². The molecule has 7 nitrogen and oxygen atoms in total. The van der Waals surface area contributed by atoms with E-state index < -0.39 is 17.7 Å². The molecule has 0 saturated carbocycles. The van der Waals surface area contributed by atoms with E-state index in [2.05, 4.69) is 10.3 Å². The highest BCUT2D eigenvalue weighted by Crippen LogP contribution is 2.07. The van der Waals surface area contributed by atoms with Crippen molar-refractivity contribution in [3.8, 4) is 0 Å². The lowest BCUT2D eigenvalue weighted by atomic mass is 10.3. The lowest BCUT2D eigenvalue weighted by Crippen LogP contribution is -2.31. The molecule has 106 valence electrons. The van der Waals surface area contributed by atoms with E-state index in [-0.39, 0.29) is 42.7 Å². The normalized spacial score (nSPS) is 11.2. The van der Waals surface area contributed by atoms with Crippen LogP contribution in [0.15, 0.2) is 12.4 Å². The zero-order valence-corrected chi connectivity index (χ0v) is 10.2. The summed E-state index contributed by atoms with van der Waals surface area (Å²) in [5.74, 6) is -0.315. The summed E-state index contributed by atoms with van der Waals surface area (Å²) >= 11 is 0. The van der Waals surface area contributed by atoms with Crippen molar-refractivity contribution in [3.63, 3.8) is 0 Å². The molecule has 0 bridgehead atoms. The predicted octanol–water partition coefficient (Wildman–Crippen LogP) is 0.286. The molecule has 1 aromatic heterocycles. The second-order valence-electron chi connectivity index (χ2n) is 3.18. The molecule has 0 radical (unpaired) electrons. The van der Waals surface area contributed by atoms with E-state index >= 15 is 0 Å². The van der Waals surface area contributed by atoms with Gasteiger partial charge in [0.15, 0.2) is 0 Å². The van der Waals surface area contributed by atoms with Crippen molar-refractivity contribution < 1.29 is 19.1 Å². The molecule has 18 heavy (non-hydrogen) atoms. The number of aliphatic hydroxyl groups is 1. The van der Waals surface area contributed by atoms with E-state index in [1.807, 2.05) is 0 Å². The minimum Gasteiger partial charge on any atom is -0.390 e. The van der Waals surface area contributed by atoms with Gasteiger partial charge in [-0.15, -0.1) is 12.4 Å². The highest BCUT2D eigenvalue weighted by atomic mass is 35.5. The molecule has 0 aliphatic carbocycles. The third-order valence-electron chi connectivity index (χ3n) is 1.92. The summed E-state index contributed by atoms with van der Waals surface area (Å²) in [6, 6.07) is 0. The Bertz CT molecular complexity index is 353. The van der Waals surface area contributed by atoms with Crippen molar-refractivity contribution in [2.45, 2.75) is 12.6 Å². The highest BCUT2D eigenvalue weighted by molar-refractivity contribution is 5.85. The quantitative estimate of drug-likeness (QED) is 0.427. The van der Waals surface area contributed by atoms with Crippen molar-refractivity contribution in [1.82, 2.24) is 14.9 Å². The van der Waals surface area contributed by atoms with Gasteiger partial charge in [-0.05, 0) is 4.92 Å². The topological polar surface area (TPSA) is 93.2 Å². The molecule has 0 fully saturated rings. The molecule has 0 amide bonds. The average molecular weight is 289 g/mol. The van der Waals surface area contributed by atoms with Gasteiger partial charge < -0.3 is 20.5 Å². The van der Waals surface area contributed by atoms with Gasteiger partial charge in [0.05, 0.1) is 12.6 Å². The van der Waals surface area contributed by atoms with Crippen LogP contribution in [0.5, 0.6) is 0 Å². The summed E-state index contributed by atoms with van der Waals surface area (Å²) in [5, 5.41) is 22.7. The maximum atomic E-state index is 11.7. The first-order chi connectivity index (χ1) is 7.65. The van der Waals surface area contributed by atoms with Crippen LogP contribution in [-0.2, 0) is 6.54 Å². The Morgan fingerprint density at radius 3 is 2.89 bits per heavy atom. The van der Waals surface area contributed by atoms with Gasteiger partial charge in [0, 0.05) is 13.1 Å². The van der Waals surface area contributed by atoms with Crippen LogP contribution < -0.4 is 5.32 Å². The highest BCUT2D eigenvalue weighted by Gasteiger charge is 2.16. The van der Waals surface area contributed by atoms with Crippen LogP contribution in [0.3, 0.4) is 0 Å². The number of halogens is 3. The minimum absolute atomic E-state index is 0. The lowest BCUT2D eigenvalue weighted by Gasteiger charge is -2.10. The number of hydrogen-bond acceptors (Lipinski definition) is 5. The van der Waals surface area contributed by atoms with E-state index in [0.717, 1.165) is 0 Å². The van der Waals surface area contributed by atoms with Gasteiger partial charge in [-0.1, -0.05) is 4.98 Å². The van der Waals surface area contributed by atoms with E-state index in [4.69, 9.17) is 0 Å². The third-order valence-corrected chi connectivity index (χ3v) is 1.92. The first-order valence-corrected chi connectivity index (χ1v) is 4.75. The monoisotopic (exact) mass is 288 g/mol. The second kappa shape index (κ2) is 9.68. The number of aliphatic hydroxyl groups excluding tert-OH is 1. The van der Waals surface area contributed by atoms with Crippen LogP contribution in [0.4, 0.5) is 15.0 Å². The third kappa shape index (κ3) is 5.84. The van der Waals surface area contributed by atoms with Gasteiger partial charge in [-0.3, -0.25) is 4.70 Å². The Hall–Kier alpha value is -1.32. The van der Waals surface area contributed by atoms with Gasteiger partial charge in [-0.25, -0.2) is 8.96 Å². The number of rotatable bonds is 7. The number of nitrogens with zero attached hydrogens (tertiary/aromatic N) is 3. The van der Waals surface area contributed by atoms with Crippen molar-refractivity contribution >= 4 is 18.4 Å². The predicted molar refractivity (Wildman–Crippen MR) is 63.5 cm³/mol. The molecule has 1 heterocycles. The van der Waals surface area contributed by atoms with E-state index in [9.17, 15) is 19.6 Å². The molecule has 0 aromatic carbocycles. The zero-order chi connectivity index (χ0) is 12.0. The number of aromatic nitrogens is 2. The van der Waals surface area contributed by atoms with Crippen LogP contribution in [-0.4, -0.2) is 45.4 Å². The molecule has 1 aromatic rings. The number of nitrogens with one attached hydrogen (secondary N) is 1. The summed E-state index contributed by atoms with van der Waals surface area (Å²) in [4.78, 5) is 13.4. The summed E-state index contributed by atoms with van der Waals surface area (Å²) < 4.78 is 13.0. The standard InChI is InChI=1S/C8H13FN4O3.ClH.FH/c9-1-2-10-5-7(14)6-12-4-3-11-8(12)13(15)16;;/h3-4,7,10,14H,1-2,5-6H2;2*1H. The maximum Gasteiger partial charge on any atom is 0.434 e. The summed E-state index contributed by atoms with van der Waals surface area (Å²) in [5.41, 5.74) is 0. The zero-order valence-electron chi connectivity index (χ0n) is 9.36.